The fraction of sp³-hybridized carbons (Fsp3) is 0.273. The highest BCUT2D eigenvalue weighted by Crippen LogP contribution is 2.30. The van der Waals surface area contributed by atoms with Crippen LogP contribution >= 0.6 is 0 Å². The molecule has 1 aliphatic heterocycles. The van der Waals surface area contributed by atoms with E-state index in [4.69, 9.17) is 5.11 Å². The smallest absolute Gasteiger partial charge is 0.320 e. The van der Waals surface area contributed by atoms with Crippen LogP contribution in [0.25, 0.3) is 0 Å². The maximum absolute atomic E-state index is 11.6. The molecule has 5 heteroatoms. The third-order valence-corrected chi connectivity index (χ3v) is 2.58. The van der Waals surface area contributed by atoms with Crippen molar-refractivity contribution in [3.05, 3.63) is 29.8 Å². The summed E-state index contributed by atoms with van der Waals surface area (Å²) in [5, 5.41) is 14.3. The van der Waals surface area contributed by atoms with Gasteiger partial charge in [0.2, 0.25) is 5.91 Å². The third kappa shape index (κ3) is 1.77. The normalized spacial score (nSPS) is 20.1. The first-order chi connectivity index (χ1) is 7.59. The van der Waals surface area contributed by atoms with Gasteiger partial charge in [-0.3, -0.25) is 14.9 Å². The van der Waals surface area contributed by atoms with Crippen molar-refractivity contribution in [1.29, 1.82) is 0 Å². The van der Waals surface area contributed by atoms with E-state index in [0.29, 0.717) is 0 Å². The molecule has 1 aromatic rings. The molecule has 0 aliphatic carbocycles. The van der Waals surface area contributed by atoms with Gasteiger partial charge in [0.25, 0.3) is 0 Å². The van der Waals surface area contributed by atoms with Gasteiger partial charge >= 0.3 is 5.97 Å². The summed E-state index contributed by atoms with van der Waals surface area (Å²) in [6, 6.07) is 5.89. The van der Waals surface area contributed by atoms with Crippen molar-refractivity contribution in [2.24, 2.45) is 0 Å². The molecule has 1 amide bonds. The number of fused-ring (bicyclic) bond motifs is 1. The van der Waals surface area contributed by atoms with Gasteiger partial charge in [-0.2, -0.15) is 0 Å². The Kier molecular flexibility index (Phi) is 2.62. The van der Waals surface area contributed by atoms with E-state index in [-0.39, 0.29) is 5.91 Å². The Morgan fingerprint density at radius 3 is 2.88 bits per heavy atom. The molecule has 0 aromatic heterocycles. The van der Waals surface area contributed by atoms with Gasteiger partial charge in [-0.1, -0.05) is 18.2 Å². The number of amides is 1. The van der Waals surface area contributed by atoms with Crippen molar-refractivity contribution in [2.75, 3.05) is 5.32 Å². The van der Waals surface area contributed by atoms with Crippen LogP contribution in [0.5, 0.6) is 0 Å². The topological polar surface area (TPSA) is 78.4 Å². The van der Waals surface area contributed by atoms with Crippen LogP contribution in [0.4, 0.5) is 5.69 Å². The minimum atomic E-state index is -0.975. The van der Waals surface area contributed by atoms with Gasteiger partial charge in [0.1, 0.15) is 12.1 Å². The molecule has 1 aromatic carbocycles. The van der Waals surface area contributed by atoms with E-state index >= 15 is 0 Å². The summed E-state index contributed by atoms with van der Waals surface area (Å²) < 4.78 is 0. The quantitative estimate of drug-likeness (QED) is 0.702. The molecule has 0 spiro atoms. The first-order valence-corrected chi connectivity index (χ1v) is 4.98. The molecular weight excluding hydrogens is 208 g/mol. The standard InChI is InChI=1S/C11H12N2O3/c1-6(11(15)16)12-9-7-4-2-3-5-8(7)13-10(9)14/h2-6,9,12H,1H3,(H,13,14)(H,15,16). The van der Waals surface area contributed by atoms with E-state index in [0.717, 1.165) is 11.3 Å². The largest absolute Gasteiger partial charge is 0.480 e. The number of hydrogen-bond donors (Lipinski definition) is 3. The summed E-state index contributed by atoms with van der Waals surface area (Å²) >= 11 is 0. The molecule has 84 valence electrons. The maximum Gasteiger partial charge on any atom is 0.320 e. The van der Waals surface area contributed by atoms with Gasteiger partial charge < -0.3 is 10.4 Å². The van der Waals surface area contributed by atoms with Crippen molar-refractivity contribution < 1.29 is 14.7 Å². The van der Waals surface area contributed by atoms with Crippen molar-refractivity contribution in [1.82, 2.24) is 5.32 Å². The van der Waals surface area contributed by atoms with Crippen LogP contribution in [-0.4, -0.2) is 23.0 Å². The van der Waals surface area contributed by atoms with Crippen molar-refractivity contribution in [2.45, 2.75) is 19.0 Å². The molecule has 2 rings (SSSR count). The monoisotopic (exact) mass is 220 g/mol. The highest BCUT2D eigenvalue weighted by molar-refractivity contribution is 6.02. The lowest BCUT2D eigenvalue weighted by Crippen LogP contribution is -2.39. The van der Waals surface area contributed by atoms with E-state index < -0.39 is 18.1 Å². The number of carboxylic acids is 1. The summed E-state index contributed by atoms with van der Waals surface area (Å²) in [5.74, 6) is -1.19. The SMILES string of the molecule is CC(NC1C(=O)Nc2ccccc21)C(=O)O. The van der Waals surface area contributed by atoms with E-state index in [2.05, 4.69) is 10.6 Å². The Morgan fingerprint density at radius 1 is 1.50 bits per heavy atom. The van der Waals surface area contributed by atoms with E-state index in [1.54, 1.807) is 12.1 Å². The van der Waals surface area contributed by atoms with Gasteiger partial charge in [0.05, 0.1) is 0 Å². The van der Waals surface area contributed by atoms with Gasteiger partial charge in [0, 0.05) is 11.3 Å². The number of para-hydroxylation sites is 1. The van der Waals surface area contributed by atoms with Crippen LogP contribution in [0.3, 0.4) is 0 Å². The lowest BCUT2D eigenvalue weighted by molar-refractivity contribution is -0.139. The molecule has 5 nitrogen and oxygen atoms in total. The summed E-state index contributed by atoms with van der Waals surface area (Å²) in [5.41, 5.74) is 1.53. The molecule has 0 radical (unpaired) electrons. The summed E-state index contributed by atoms with van der Waals surface area (Å²) in [4.78, 5) is 22.3. The highest BCUT2D eigenvalue weighted by atomic mass is 16.4. The average molecular weight is 220 g/mol. The van der Waals surface area contributed by atoms with Crippen LogP contribution in [0, 0.1) is 0 Å². The number of hydrogen-bond acceptors (Lipinski definition) is 3. The number of anilines is 1. The number of rotatable bonds is 3. The molecule has 3 N–H and O–H groups in total. The molecule has 1 aliphatic rings. The zero-order chi connectivity index (χ0) is 11.7. The molecule has 0 fully saturated rings. The Balaban J connectivity index is 2.22. The second kappa shape index (κ2) is 3.94. The first kappa shape index (κ1) is 10.6. The van der Waals surface area contributed by atoms with Gasteiger partial charge in [0.15, 0.2) is 0 Å². The predicted octanol–water partition coefficient (Wildman–Crippen LogP) is 0.742. The van der Waals surface area contributed by atoms with Gasteiger partial charge in [-0.25, -0.2) is 0 Å². The summed E-state index contributed by atoms with van der Waals surface area (Å²) in [6.45, 7) is 1.51. The van der Waals surface area contributed by atoms with Crippen LogP contribution < -0.4 is 10.6 Å². The first-order valence-electron chi connectivity index (χ1n) is 4.98. The minimum Gasteiger partial charge on any atom is -0.480 e. The lowest BCUT2D eigenvalue weighted by atomic mass is 10.1. The predicted molar refractivity (Wildman–Crippen MR) is 58.0 cm³/mol. The Bertz CT molecular complexity index is 445. The van der Waals surface area contributed by atoms with Crippen molar-refractivity contribution in [3.63, 3.8) is 0 Å². The Labute approximate surface area is 92.5 Å². The molecule has 0 saturated heterocycles. The number of carbonyl (C=O) groups excluding carboxylic acids is 1. The van der Waals surface area contributed by atoms with Gasteiger partial charge in [-0.15, -0.1) is 0 Å². The summed E-state index contributed by atoms with van der Waals surface area (Å²) in [6.07, 6.45) is 0. The van der Waals surface area contributed by atoms with E-state index in [1.165, 1.54) is 6.92 Å². The summed E-state index contributed by atoms with van der Waals surface area (Å²) in [7, 11) is 0. The van der Waals surface area contributed by atoms with E-state index in [1.807, 2.05) is 12.1 Å². The second-order valence-corrected chi connectivity index (χ2v) is 3.74. The number of carboxylic acid groups (broad SMARTS) is 1. The zero-order valence-electron chi connectivity index (χ0n) is 8.73. The maximum atomic E-state index is 11.6. The van der Waals surface area contributed by atoms with Crippen LogP contribution in [0.15, 0.2) is 24.3 Å². The third-order valence-electron chi connectivity index (χ3n) is 2.58. The van der Waals surface area contributed by atoms with Crippen LogP contribution in [0.1, 0.15) is 18.5 Å². The van der Waals surface area contributed by atoms with Gasteiger partial charge in [-0.05, 0) is 13.0 Å². The Hall–Kier alpha value is -1.88. The molecule has 0 bridgehead atoms. The highest BCUT2D eigenvalue weighted by Gasteiger charge is 2.32. The number of aliphatic carboxylic acids is 1. The number of nitrogens with one attached hydrogen (secondary N) is 2. The molecule has 0 saturated carbocycles. The fourth-order valence-corrected chi connectivity index (χ4v) is 1.70. The van der Waals surface area contributed by atoms with Crippen molar-refractivity contribution in [3.8, 4) is 0 Å². The van der Waals surface area contributed by atoms with Crippen LogP contribution in [-0.2, 0) is 9.59 Å². The van der Waals surface area contributed by atoms with Crippen molar-refractivity contribution >= 4 is 17.6 Å². The fourth-order valence-electron chi connectivity index (χ4n) is 1.70. The molecule has 2 unspecified atom stereocenters. The lowest BCUT2D eigenvalue weighted by Gasteiger charge is -2.14. The number of benzene rings is 1. The molecule has 2 atom stereocenters. The molecular formula is C11H12N2O3. The molecule has 16 heavy (non-hydrogen) atoms. The second-order valence-electron chi connectivity index (χ2n) is 3.74. The van der Waals surface area contributed by atoms with E-state index in [9.17, 15) is 9.59 Å². The number of carbonyl (C=O) groups is 2. The van der Waals surface area contributed by atoms with Crippen LogP contribution in [0.2, 0.25) is 0 Å². The average Bonchev–Trinajstić information content (AvgIpc) is 2.55. The zero-order valence-corrected chi connectivity index (χ0v) is 8.73. The minimum absolute atomic E-state index is 0.214. The Morgan fingerprint density at radius 2 is 2.19 bits per heavy atom. The molecule has 1 heterocycles.